The lowest BCUT2D eigenvalue weighted by Crippen LogP contribution is -2.14. The summed E-state index contributed by atoms with van der Waals surface area (Å²) in [5, 5.41) is 2.51. The van der Waals surface area contributed by atoms with Crippen molar-refractivity contribution in [2.45, 2.75) is 13.1 Å². The van der Waals surface area contributed by atoms with Gasteiger partial charge in [-0.2, -0.15) is 13.2 Å². The molecule has 0 aliphatic carbocycles. The molecule has 0 spiro atoms. The molecule has 1 N–H and O–H groups in total. The molecule has 0 bridgehead atoms. The molecule has 1 amide bonds. The van der Waals surface area contributed by atoms with Gasteiger partial charge in [0.05, 0.1) is 11.1 Å². The Bertz CT molecular complexity index is 683. The fourth-order valence-corrected chi connectivity index (χ4v) is 2.23. The number of rotatable bonds is 2. The SMILES string of the molecule is Cc1ccc(C(F)(F)F)cc1NC(=O)c1ccccc1Br. The number of alkyl halides is 3. The van der Waals surface area contributed by atoms with E-state index in [0.717, 1.165) is 12.1 Å². The fourth-order valence-electron chi connectivity index (χ4n) is 1.77. The molecule has 6 heteroatoms. The first-order chi connectivity index (χ1) is 9.79. The number of halogens is 4. The summed E-state index contributed by atoms with van der Waals surface area (Å²) in [6.45, 7) is 1.63. The van der Waals surface area contributed by atoms with Crippen molar-refractivity contribution in [3.63, 3.8) is 0 Å². The zero-order valence-electron chi connectivity index (χ0n) is 11.0. The van der Waals surface area contributed by atoms with E-state index in [1.165, 1.54) is 6.07 Å². The normalized spacial score (nSPS) is 11.3. The predicted molar refractivity (Wildman–Crippen MR) is 78.3 cm³/mol. The average molecular weight is 358 g/mol. The maximum Gasteiger partial charge on any atom is 0.416 e. The van der Waals surface area contributed by atoms with Crippen molar-refractivity contribution < 1.29 is 18.0 Å². The molecular weight excluding hydrogens is 347 g/mol. The smallest absolute Gasteiger partial charge is 0.322 e. The minimum absolute atomic E-state index is 0.144. The molecule has 21 heavy (non-hydrogen) atoms. The van der Waals surface area contributed by atoms with Gasteiger partial charge in [0.25, 0.3) is 5.91 Å². The molecule has 0 radical (unpaired) electrons. The fraction of sp³-hybridized carbons (Fsp3) is 0.133. The summed E-state index contributed by atoms with van der Waals surface area (Å²) in [5.74, 6) is -0.468. The van der Waals surface area contributed by atoms with Gasteiger partial charge in [0, 0.05) is 10.2 Å². The van der Waals surface area contributed by atoms with Crippen molar-refractivity contribution in [3.8, 4) is 0 Å². The predicted octanol–water partition coefficient (Wildman–Crippen LogP) is 5.03. The summed E-state index contributed by atoms with van der Waals surface area (Å²) in [6.07, 6.45) is -4.44. The van der Waals surface area contributed by atoms with Crippen LogP contribution in [-0.2, 0) is 6.18 Å². The summed E-state index contributed by atoms with van der Waals surface area (Å²) in [7, 11) is 0. The van der Waals surface area contributed by atoms with E-state index in [2.05, 4.69) is 21.2 Å². The number of benzene rings is 2. The van der Waals surface area contributed by atoms with Gasteiger partial charge in [-0.15, -0.1) is 0 Å². The topological polar surface area (TPSA) is 29.1 Å². The van der Waals surface area contributed by atoms with Crippen molar-refractivity contribution in [1.82, 2.24) is 0 Å². The minimum Gasteiger partial charge on any atom is -0.322 e. The highest BCUT2D eigenvalue weighted by molar-refractivity contribution is 9.10. The molecule has 2 aromatic rings. The van der Waals surface area contributed by atoms with Crippen LogP contribution in [0.3, 0.4) is 0 Å². The number of hydrogen-bond donors (Lipinski definition) is 1. The van der Waals surface area contributed by atoms with Crippen molar-refractivity contribution in [2.24, 2.45) is 0 Å². The van der Waals surface area contributed by atoms with Crippen molar-refractivity contribution in [1.29, 1.82) is 0 Å². The zero-order valence-corrected chi connectivity index (χ0v) is 12.5. The third kappa shape index (κ3) is 3.64. The summed E-state index contributed by atoms with van der Waals surface area (Å²) >= 11 is 3.23. The van der Waals surface area contributed by atoms with Crippen LogP contribution in [0.1, 0.15) is 21.5 Å². The van der Waals surface area contributed by atoms with E-state index >= 15 is 0 Å². The third-order valence-corrected chi connectivity index (χ3v) is 3.62. The van der Waals surface area contributed by atoms with E-state index in [0.29, 0.717) is 15.6 Å². The molecule has 0 saturated heterocycles. The molecule has 0 aromatic heterocycles. The number of hydrogen-bond acceptors (Lipinski definition) is 1. The molecule has 0 aliphatic heterocycles. The van der Waals surface area contributed by atoms with Gasteiger partial charge in [0.1, 0.15) is 0 Å². The Labute approximate surface area is 128 Å². The number of aryl methyl sites for hydroxylation is 1. The van der Waals surface area contributed by atoms with Crippen molar-refractivity contribution in [3.05, 3.63) is 63.6 Å². The average Bonchev–Trinajstić information content (AvgIpc) is 2.40. The maximum atomic E-state index is 12.7. The Morgan fingerprint density at radius 3 is 2.43 bits per heavy atom. The Morgan fingerprint density at radius 2 is 1.81 bits per heavy atom. The summed E-state index contributed by atoms with van der Waals surface area (Å²) < 4.78 is 38.7. The Balaban J connectivity index is 2.31. The number of amides is 1. The highest BCUT2D eigenvalue weighted by atomic mass is 79.9. The molecule has 0 heterocycles. The van der Waals surface area contributed by atoms with Crippen LogP contribution in [0.2, 0.25) is 0 Å². The largest absolute Gasteiger partial charge is 0.416 e. The number of carbonyl (C=O) groups is 1. The second-order valence-electron chi connectivity index (χ2n) is 4.46. The van der Waals surface area contributed by atoms with Crippen LogP contribution in [0.5, 0.6) is 0 Å². The van der Waals surface area contributed by atoms with E-state index in [-0.39, 0.29) is 5.69 Å². The van der Waals surface area contributed by atoms with Crippen LogP contribution in [0.4, 0.5) is 18.9 Å². The second kappa shape index (κ2) is 5.89. The van der Waals surface area contributed by atoms with Gasteiger partial charge in [-0.1, -0.05) is 18.2 Å². The summed E-state index contributed by atoms with van der Waals surface area (Å²) in [6, 6.07) is 9.96. The first-order valence-electron chi connectivity index (χ1n) is 6.03. The number of carbonyl (C=O) groups excluding carboxylic acids is 1. The Kier molecular flexibility index (Phi) is 4.37. The van der Waals surface area contributed by atoms with Gasteiger partial charge in [-0.25, -0.2) is 0 Å². The Morgan fingerprint density at radius 1 is 1.14 bits per heavy atom. The van der Waals surface area contributed by atoms with Crippen LogP contribution in [-0.4, -0.2) is 5.91 Å². The number of anilines is 1. The second-order valence-corrected chi connectivity index (χ2v) is 5.32. The van der Waals surface area contributed by atoms with Gasteiger partial charge >= 0.3 is 6.18 Å². The summed E-state index contributed by atoms with van der Waals surface area (Å²) in [4.78, 5) is 12.1. The van der Waals surface area contributed by atoms with Crippen LogP contribution >= 0.6 is 15.9 Å². The monoisotopic (exact) mass is 357 g/mol. The van der Waals surface area contributed by atoms with E-state index in [9.17, 15) is 18.0 Å². The van der Waals surface area contributed by atoms with Gasteiger partial charge in [-0.05, 0) is 52.7 Å². The van der Waals surface area contributed by atoms with Crippen LogP contribution in [0.15, 0.2) is 46.9 Å². The first kappa shape index (κ1) is 15.6. The van der Waals surface area contributed by atoms with Crippen LogP contribution < -0.4 is 5.32 Å². The van der Waals surface area contributed by atoms with E-state index < -0.39 is 17.6 Å². The van der Waals surface area contributed by atoms with Gasteiger partial charge in [0.2, 0.25) is 0 Å². The highest BCUT2D eigenvalue weighted by Crippen LogP contribution is 2.32. The molecule has 2 nitrogen and oxygen atoms in total. The van der Waals surface area contributed by atoms with Gasteiger partial charge in [0.15, 0.2) is 0 Å². The molecule has 0 unspecified atom stereocenters. The van der Waals surface area contributed by atoms with Crippen LogP contribution in [0, 0.1) is 6.92 Å². The summed E-state index contributed by atoms with van der Waals surface area (Å²) in [5.41, 5.74) is 0.263. The first-order valence-corrected chi connectivity index (χ1v) is 6.82. The molecule has 0 saturated carbocycles. The third-order valence-electron chi connectivity index (χ3n) is 2.93. The lowest BCUT2D eigenvalue weighted by Gasteiger charge is -2.13. The lowest BCUT2D eigenvalue weighted by atomic mass is 10.1. The van der Waals surface area contributed by atoms with E-state index in [1.807, 2.05) is 0 Å². The molecular formula is C15H11BrF3NO. The van der Waals surface area contributed by atoms with Gasteiger partial charge < -0.3 is 5.32 Å². The van der Waals surface area contributed by atoms with Crippen LogP contribution in [0.25, 0.3) is 0 Å². The molecule has 0 aliphatic rings. The Hall–Kier alpha value is -1.82. The number of nitrogens with one attached hydrogen (secondary N) is 1. The van der Waals surface area contributed by atoms with Crippen molar-refractivity contribution >= 4 is 27.5 Å². The molecule has 0 fully saturated rings. The quantitative estimate of drug-likeness (QED) is 0.802. The standard InChI is InChI=1S/C15H11BrF3NO/c1-9-6-7-10(15(17,18)19)8-13(9)20-14(21)11-4-2-3-5-12(11)16/h2-8H,1H3,(H,20,21). The minimum atomic E-state index is -4.44. The lowest BCUT2D eigenvalue weighted by molar-refractivity contribution is -0.137. The molecule has 0 atom stereocenters. The van der Waals surface area contributed by atoms with E-state index in [1.54, 1.807) is 31.2 Å². The molecule has 2 aromatic carbocycles. The zero-order chi connectivity index (χ0) is 15.6. The van der Waals surface area contributed by atoms with Gasteiger partial charge in [-0.3, -0.25) is 4.79 Å². The van der Waals surface area contributed by atoms with E-state index in [4.69, 9.17) is 0 Å². The van der Waals surface area contributed by atoms with Crippen molar-refractivity contribution in [2.75, 3.05) is 5.32 Å². The molecule has 2 rings (SSSR count). The highest BCUT2D eigenvalue weighted by Gasteiger charge is 2.31. The maximum absolute atomic E-state index is 12.7. The molecule has 110 valence electrons.